The van der Waals surface area contributed by atoms with Crippen LogP contribution in [0.5, 0.6) is 0 Å². The number of allylic oxidation sites excluding steroid dienone is 1. The fraction of sp³-hybridized carbons (Fsp3) is 0.250. The Balaban J connectivity index is 1.33. The van der Waals surface area contributed by atoms with E-state index in [1.165, 1.54) is 41.3 Å². The number of piperazine rings is 1. The van der Waals surface area contributed by atoms with Crippen LogP contribution in [-0.2, 0) is 22.4 Å². The maximum absolute atomic E-state index is 15.2. The molecule has 1 saturated heterocycles. The molecule has 6 rings (SSSR count). The zero-order valence-electron chi connectivity index (χ0n) is 24.8. The Hall–Kier alpha value is -5.14. The van der Waals surface area contributed by atoms with E-state index < -0.39 is 17.8 Å². The van der Waals surface area contributed by atoms with E-state index in [1.54, 1.807) is 23.2 Å². The number of tetrazole rings is 1. The van der Waals surface area contributed by atoms with E-state index in [0.29, 0.717) is 37.4 Å². The van der Waals surface area contributed by atoms with Crippen LogP contribution in [0.4, 0.5) is 15.8 Å². The van der Waals surface area contributed by atoms with Gasteiger partial charge in [-0.25, -0.2) is 13.9 Å². The van der Waals surface area contributed by atoms with E-state index in [1.807, 2.05) is 35.0 Å². The van der Waals surface area contributed by atoms with Gasteiger partial charge in [0, 0.05) is 36.6 Å². The van der Waals surface area contributed by atoms with Crippen molar-refractivity contribution in [3.8, 4) is 5.69 Å². The summed E-state index contributed by atoms with van der Waals surface area (Å²) in [5.41, 5.74) is 3.68. The number of aromatic nitrogens is 4. The molecule has 1 atom stereocenters. The number of hydrogen-bond acceptors (Lipinski definition) is 8. The molecule has 0 radical (unpaired) electrons. The Morgan fingerprint density at radius 2 is 1.89 bits per heavy atom. The molecule has 2 aliphatic rings. The van der Waals surface area contributed by atoms with Crippen molar-refractivity contribution in [1.82, 2.24) is 30.0 Å². The molecule has 2 aliphatic heterocycles. The second-order valence-corrected chi connectivity index (χ2v) is 11.5. The first-order chi connectivity index (χ1) is 22.2. The number of carboxylic acids is 1. The number of rotatable bonds is 8. The molecule has 1 aromatic heterocycles. The third-order valence-corrected chi connectivity index (χ3v) is 8.46. The average Bonchev–Trinajstić information content (AvgIpc) is 3.58. The van der Waals surface area contributed by atoms with E-state index in [0.717, 1.165) is 23.4 Å². The first kappa shape index (κ1) is 30.9. The van der Waals surface area contributed by atoms with E-state index in [9.17, 15) is 19.5 Å². The van der Waals surface area contributed by atoms with Crippen LogP contribution in [0.15, 0.2) is 73.2 Å². The van der Waals surface area contributed by atoms with Crippen molar-refractivity contribution in [2.45, 2.75) is 18.9 Å². The predicted octanol–water partition coefficient (Wildman–Crippen LogP) is 3.73. The number of halogens is 2. The molecule has 3 heterocycles. The molecule has 46 heavy (non-hydrogen) atoms. The van der Waals surface area contributed by atoms with Crippen LogP contribution in [0.2, 0.25) is 5.02 Å². The van der Waals surface area contributed by atoms with Gasteiger partial charge in [-0.15, -0.1) is 5.10 Å². The summed E-state index contributed by atoms with van der Waals surface area (Å²) < 4.78 is 16.6. The molecule has 0 spiro atoms. The number of nitrogens with zero attached hydrogens (tertiary/aromatic N) is 7. The molecule has 0 unspecified atom stereocenters. The van der Waals surface area contributed by atoms with Gasteiger partial charge in [0.05, 0.1) is 22.8 Å². The fourth-order valence-corrected chi connectivity index (χ4v) is 6.07. The maximum Gasteiger partial charge on any atom is 0.335 e. The van der Waals surface area contributed by atoms with E-state index in [-0.39, 0.29) is 34.4 Å². The fourth-order valence-electron chi connectivity index (χ4n) is 5.90. The van der Waals surface area contributed by atoms with Gasteiger partial charge in [0.1, 0.15) is 18.2 Å². The van der Waals surface area contributed by atoms with E-state index in [4.69, 9.17) is 11.6 Å². The van der Waals surface area contributed by atoms with Gasteiger partial charge in [0.15, 0.2) is 0 Å². The van der Waals surface area contributed by atoms with Crippen LogP contribution >= 0.6 is 11.6 Å². The second kappa shape index (κ2) is 13.1. The standard InChI is InChI=1S/C32H30ClFN8O4/c1-39-16-17-41(28(43)18-39)26-6-2-4-23-22(26)13-15-40(30(23)31(44)36-21-9-7-20(8-10-21)32(45)46)14-3-5-24-27(42-19-35-37-38-42)12-11-25(33)29(24)34/h2-4,6-12,14,19,30H,5,13,15-18H2,1H3,(H,36,44)(H,45,46)/b14-3+/t30-/m0/s1. The smallest absolute Gasteiger partial charge is 0.335 e. The highest BCUT2D eigenvalue weighted by atomic mass is 35.5. The summed E-state index contributed by atoms with van der Waals surface area (Å²) in [5, 5.41) is 23.3. The van der Waals surface area contributed by atoms with Crippen molar-refractivity contribution in [1.29, 1.82) is 0 Å². The Morgan fingerprint density at radius 3 is 2.61 bits per heavy atom. The number of amides is 2. The van der Waals surface area contributed by atoms with Crippen LogP contribution in [0.1, 0.15) is 33.1 Å². The Morgan fingerprint density at radius 1 is 1.09 bits per heavy atom. The van der Waals surface area contributed by atoms with Gasteiger partial charge >= 0.3 is 5.97 Å². The summed E-state index contributed by atoms with van der Waals surface area (Å²) in [7, 11) is 1.91. The van der Waals surface area contributed by atoms with Crippen molar-refractivity contribution in [2.75, 3.05) is 43.4 Å². The van der Waals surface area contributed by atoms with Crippen molar-refractivity contribution in [3.05, 3.63) is 106 Å². The largest absolute Gasteiger partial charge is 0.478 e. The third-order valence-electron chi connectivity index (χ3n) is 8.17. The van der Waals surface area contributed by atoms with Gasteiger partial charge < -0.3 is 20.2 Å². The van der Waals surface area contributed by atoms with E-state index in [2.05, 4.69) is 20.8 Å². The molecule has 1 fully saturated rings. The van der Waals surface area contributed by atoms with Gasteiger partial charge in [0.2, 0.25) is 5.91 Å². The molecular weight excluding hydrogens is 615 g/mol. The summed E-state index contributed by atoms with van der Waals surface area (Å²) in [4.78, 5) is 44.0. The first-order valence-electron chi connectivity index (χ1n) is 14.6. The summed E-state index contributed by atoms with van der Waals surface area (Å²) in [6, 6.07) is 13.8. The van der Waals surface area contributed by atoms with Crippen LogP contribution in [0.3, 0.4) is 0 Å². The van der Waals surface area contributed by atoms with E-state index >= 15 is 4.39 Å². The summed E-state index contributed by atoms with van der Waals surface area (Å²) in [6.45, 7) is 2.02. The Labute approximate surface area is 268 Å². The highest BCUT2D eigenvalue weighted by Crippen LogP contribution is 2.37. The summed E-state index contributed by atoms with van der Waals surface area (Å²) in [6.07, 6.45) is 5.57. The minimum atomic E-state index is -1.07. The number of carbonyl (C=O) groups excluding carboxylic acids is 2. The van der Waals surface area contributed by atoms with Gasteiger partial charge in [-0.3, -0.25) is 14.5 Å². The molecule has 0 bridgehead atoms. The number of hydrogen-bond donors (Lipinski definition) is 2. The molecular formula is C32H30ClFN8O4. The number of anilines is 2. The quantitative estimate of drug-likeness (QED) is 0.294. The predicted molar refractivity (Wildman–Crippen MR) is 168 cm³/mol. The number of carboxylic acid groups (broad SMARTS) is 1. The number of likely N-dealkylation sites (N-methyl/N-ethyl adjacent to an activating group) is 1. The lowest BCUT2D eigenvalue weighted by molar-refractivity contribution is -0.121. The van der Waals surface area contributed by atoms with Gasteiger partial charge in [-0.2, -0.15) is 0 Å². The van der Waals surface area contributed by atoms with Crippen LogP contribution < -0.4 is 10.2 Å². The summed E-state index contributed by atoms with van der Waals surface area (Å²) >= 11 is 6.11. The lowest BCUT2D eigenvalue weighted by Gasteiger charge is -2.39. The number of aromatic carboxylic acids is 1. The zero-order valence-corrected chi connectivity index (χ0v) is 25.6. The van der Waals surface area contributed by atoms with Crippen LogP contribution in [0.25, 0.3) is 5.69 Å². The van der Waals surface area contributed by atoms with Crippen molar-refractivity contribution >= 4 is 40.8 Å². The van der Waals surface area contributed by atoms with Gasteiger partial charge in [0.25, 0.3) is 5.91 Å². The maximum atomic E-state index is 15.2. The Bertz CT molecular complexity index is 1820. The molecule has 3 aromatic carbocycles. The minimum Gasteiger partial charge on any atom is -0.478 e. The monoisotopic (exact) mass is 644 g/mol. The normalized spacial score (nSPS) is 16.9. The minimum absolute atomic E-state index is 0.00840. The Kier molecular flexibility index (Phi) is 8.77. The highest BCUT2D eigenvalue weighted by Gasteiger charge is 2.35. The third kappa shape index (κ3) is 6.19. The molecule has 0 aliphatic carbocycles. The zero-order chi connectivity index (χ0) is 32.4. The lowest BCUT2D eigenvalue weighted by atomic mass is 9.90. The topological polar surface area (TPSA) is 137 Å². The first-order valence-corrected chi connectivity index (χ1v) is 15.0. The highest BCUT2D eigenvalue weighted by molar-refractivity contribution is 6.30. The SMILES string of the molecule is CN1CCN(c2cccc3c2CCN(/C=C/Cc2c(-n4cnnn4)ccc(Cl)c2F)[C@@H]3C(=O)Nc2ccc(C(=O)O)cc2)C(=O)C1. The average molecular weight is 645 g/mol. The summed E-state index contributed by atoms with van der Waals surface area (Å²) in [5.74, 6) is -2.02. The molecule has 2 amide bonds. The van der Waals surface area contributed by atoms with Crippen molar-refractivity contribution in [2.24, 2.45) is 0 Å². The van der Waals surface area contributed by atoms with Crippen LogP contribution in [-0.4, -0.2) is 86.1 Å². The number of carbonyl (C=O) groups is 3. The van der Waals surface area contributed by atoms with Crippen LogP contribution in [0, 0.1) is 5.82 Å². The number of nitrogens with one attached hydrogen (secondary N) is 1. The molecule has 236 valence electrons. The molecule has 2 N–H and O–H groups in total. The van der Waals surface area contributed by atoms with Gasteiger partial charge in [-0.1, -0.05) is 29.8 Å². The molecule has 12 nitrogen and oxygen atoms in total. The second-order valence-electron chi connectivity index (χ2n) is 11.1. The molecule has 4 aromatic rings. The number of fused-ring (bicyclic) bond motifs is 1. The van der Waals surface area contributed by atoms with Crippen molar-refractivity contribution < 1.29 is 23.9 Å². The molecule has 0 saturated carbocycles. The van der Waals surface area contributed by atoms with Crippen molar-refractivity contribution in [3.63, 3.8) is 0 Å². The van der Waals surface area contributed by atoms with Gasteiger partial charge in [-0.05, 0) is 90.1 Å². The molecule has 14 heteroatoms. The number of benzene rings is 3. The lowest BCUT2D eigenvalue weighted by Crippen LogP contribution is -2.49.